The maximum Gasteiger partial charge on any atom is 0.255 e. The Morgan fingerprint density at radius 1 is 0.964 bits per heavy atom. The third-order valence-corrected chi connectivity index (χ3v) is 5.18. The first-order valence-corrected chi connectivity index (χ1v) is 9.41. The molecule has 1 N–H and O–H groups in total. The Bertz CT molecular complexity index is 1210. The second-order valence-corrected chi connectivity index (χ2v) is 7.42. The van der Waals surface area contributed by atoms with Crippen LogP contribution in [-0.4, -0.2) is 10.9 Å². The molecule has 0 radical (unpaired) electrons. The van der Waals surface area contributed by atoms with Crippen LogP contribution in [-0.2, 0) is 0 Å². The minimum absolute atomic E-state index is 0.162. The van der Waals surface area contributed by atoms with Crippen molar-refractivity contribution in [3.8, 4) is 11.5 Å². The number of anilines is 1. The third kappa shape index (κ3) is 3.61. The molecule has 28 heavy (non-hydrogen) atoms. The van der Waals surface area contributed by atoms with Crippen molar-refractivity contribution in [3.05, 3.63) is 81.3 Å². The van der Waals surface area contributed by atoms with Crippen LogP contribution in [0.4, 0.5) is 5.69 Å². The topological polar surface area (TPSA) is 55.1 Å². The zero-order valence-corrected chi connectivity index (χ0v) is 16.7. The molecule has 0 fully saturated rings. The molecule has 0 spiro atoms. The van der Waals surface area contributed by atoms with Crippen LogP contribution < -0.4 is 5.32 Å². The van der Waals surface area contributed by atoms with E-state index in [-0.39, 0.29) is 5.91 Å². The van der Waals surface area contributed by atoms with Crippen LogP contribution in [0.5, 0.6) is 0 Å². The Labute approximate surface area is 172 Å². The van der Waals surface area contributed by atoms with Crippen molar-refractivity contribution >= 4 is 45.9 Å². The molecule has 4 rings (SSSR count). The van der Waals surface area contributed by atoms with E-state index in [0.29, 0.717) is 38.3 Å². The second-order valence-electron chi connectivity index (χ2n) is 6.60. The minimum Gasteiger partial charge on any atom is -0.436 e. The van der Waals surface area contributed by atoms with E-state index < -0.39 is 0 Å². The number of carbonyl (C=O) groups excluding carboxylic acids is 1. The number of carbonyl (C=O) groups is 1. The van der Waals surface area contributed by atoms with E-state index in [4.69, 9.17) is 27.6 Å². The largest absolute Gasteiger partial charge is 0.436 e. The maximum atomic E-state index is 12.6. The fraction of sp³-hybridized carbons (Fsp3) is 0.0909. The molecule has 0 atom stereocenters. The average Bonchev–Trinajstić information content (AvgIpc) is 3.07. The number of nitrogens with zero attached hydrogens (tertiary/aromatic N) is 1. The van der Waals surface area contributed by atoms with Crippen LogP contribution >= 0.6 is 23.2 Å². The summed E-state index contributed by atoms with van der Waals surface area (Å²) in [6.45, 7) is 3.92. The van der Waals surface area contributed by atoms with Gasteiger partial charge in [0, 0.05) is 16.8 Å². The molecule has 0 aliphatic carbocycles. The van der Waals surface area contributed by atoms with E-state index in [0.717, 1.165) is 16.7 Å². The van der Waals surface area contributed by atoms with Gasteiger partial charge in [-0.05, 0) is 61.9 Å². The zero-order valence-electron chi connectivity index (χ0n) is 15.2. The Hall–Kier alpha value is -2.82. The summed E-state index contributed by atoms with van der Waals surface area (Å²) in [6.07, 6.45) is 0. The fourth-order valence-electron chi connectivity index (χ4n) is 3.02. The smallest absolute Gasteiger partial charge is 0.255 e. The molecule has 1 heterocycles. The van der Waals surface area contributed by atoms with Crippen LogP contribution in [0.3, 0.4) is 0 Å². The molecule has 0 aliphatic rings. The van der Waals surface area contributed by atoms with Crippen molar-refractivity contribution in [1.82, 2.24) is 4.98 Å². The van der Waals surface area contributed by atoms with Gasteiger partial charge in [0.2, 0.25) is 5.89 Å². The number of rotatable bonds is 3. The van der Waals surface area contributed by atoms with Crippen molar-refractivity contribution < 1.29 is 9.21 Å². The lowest BCUT2D eigenvalue weighted by Gasteiger charge is -2.08. The van der Waals surface area contributed by atoms with Gasteiger partial charge >= 0.3 is 0 Å². The van der Waals surface area contributed by atoms with Gasteiger partial charge in [-0.25, -0.2) is 4.98 Å². The van der Waals surface area contributed by atoms with Crippen LogP contribution in [0.2, 0.25) is 10.0 Å². The number of halogens is 2. The average molecular weight is 411 g/mol. The van der Waals surface area contributed by atoms with E-state index in [1.807, 2.05) is 32.0 Å². The highest BCUT2D eigenvalue weighted by atomic mass is 35.5. The van der Waals surface area contributed by atoms with E-state index in [1.165, 1.54) is 0 Å². The minimum atomic E-state index is -0.162. The molecule has 1 aromatic heterocycles. The number of aromatic nitrogens is 1. The van der Waals surface area contributed by atoms with Crippen molar-refractivity contribution in [1.29, 1.82) is 0 Å². The Morgan fingerprint density at radius 2 is 1.79 bits per heavy atom. The Balaban J connectivity index is 1.62. The summed E-state index contributed by atoms with van der Waals surface area (Å²) in [5.41, 5.74) is 5.32. The van der Waals surface area contributed by atoms with Crippen LogP contribution in [0.25, 0.3) is 22.6 Å². The molecule has 0 unspecified atom stereocenters. The number of amides is 1. The Morgan fingerprint density at radius 3 is 2.54 bits per heavy atom. The highest BCUT2D eigenvalue weighted by molar-refractivity contribution is 6.42. The van der Waals surface area contributed by atoms with E-state index in [2.05, 4.69) is 10.3 Å². The van der Waals surface area contributed by atoms with E-state index in [9.17, 15) is 4.79 Å². The molecule has 0 bridgehead atoms. The van der Waals surface area contributed by atoms with Gasteiger partial charge in [0.05, 0.1) is 10.0 Å². The molecule has 4 nitrogen and oxygen atoms in total. The molecule has 4 aromatic rings. The summed E-state index contributed by atoms with van der Waals surface area (Å²) in [5, 5.41) is 3.82. The van der Waals surface area contributed by atoms with Gasteiger partial charge in [-0.1, -0.05) is 40.9 Å². The number of fused-ring (bicyclic) bond motifs is 1. The second kappa shape index (κ2) is 7.30. The van der Waals surface area contributed by atoms with E-state index >= 15 is 0 Å². The highest BCUT2D eigenvalue weighted by Gasteiger charge is 2.13. The quantitative estimate of drug-likeness (QED) is 0.410. The normalized spacial score (nSPS) is 11.0. The molecular weight excluding hydrogens is 395 g/mol. The molecule has 6 heteroatoms. The van der Waals surface area contributed by atoms with Crippen molar-refractivity contribution in [3.63, 3.8) is 0 Å². The maximum absolute atomic E-state index is 12.6. The molecule has 0 aliphatic heterocycles. The van der Waals surface area contributed by atoms with Crippen molar-refractivity contribution in [2.24, 2.45) is 0 Å². The molecular formula is C22H16Cl2N2O2. The van der Waals surface area contributed by atoms with Gasteiger partial charge in [0.25, 0.3) is 5.91 Å². The molecule has 3 aromatic carbocycles. The SMILES string of the molecule is Cc1ccc(C(=O)Nc2ccc3oc(-c4ccc(Cl)c(Cl)c4)nc3c2)c(C)c1. The number of hydrogen-bond donors (Lipinski definition) is 1. The van der Waals surface area contributed by atoms with Gasteiger partial charge in [-0.2, -0.15) is 0 Å². The summed E-state index contributed by atoms with van der Waals surface area (Å²) in [6, 6.07) is 16.3. The zero-order chi connectivity index (χ0) is 19.8. The fourth-order valence-corrected chi connectivity index (χ4v) is 3.32. The number of nitrogens with one attached hydrogen (secondary N) is 1. The molecule has 140 valence electrons. The molecule has 0 saturated carbocycles. The first-order valence-electron chi connectivity index (χ1n) is 8.65. The lowest BCUT2D eigenvalue weighted by Crippen LogP contribution is -2.13. The summed E-state index contributed by atoms with van der Waals surface area (Å²) in [7, 11) is 0. The molecule has 0 saturated heterocycles. The Kier molecular flexibility index (Phi) is 4.84. The summed E-state index contributed by atoms with van der Waals surface area (Å²) < 4.78 is 5.80. The number of oxazole rings is 1. The van der Waals surface area contributed by atoms with Crippen LogP contribution in [0, 0.1) is 13.8 Å². The van der Waals surface area contributed by atoms with Crippen molar-refractivity contribution in [2.75, 3.05) is 5.32 Å². The number of benzene rings is 3. The first kappa shape index (κ1) is 18.5. The lowest BCUT2D eigenvalue weighted by molar-refractivity contribution is 0.102. The number of hydrogen-bond acceptors (Lipinski definition) is 3. The van der Waals surface area contributed by atoms with Crippen LogP contribution in [0.1, 0.15) is 21.5 Å². The molecule has 1 amide bonds. The predicted molar refractivity (Wildman–Crippen MR) is 113 cm³/mol. The first-order chi connectivity index (χ1) is 13.4. The summed E-state index contributed by atoms with van der Waals surface area (Å²) in [4.78, 5) is 17.1. The van der Waals surface area contributed by atoms with Gasteiger partial charge in [-0.3, -0.25) is 4.79 Å². The third-order valence-electron chi connectivity index (χ3n) is 4.44. The van der Waals surface area contributed by atoms with Gasteiger partial charge < -0.3 is 9.73 Å². The standard InChI is InChI=1S/C22H16Cl2N2O2/c1-12-3-6-16(13(2)9-12)21(27)25-15-5-8-20-19(11-15)26-22(28-20)14-4-7-17(23)18(24)10-14/h3-11H,1-2H3,(H,25,27). The van der Waals surface area contributed by atoms with Crippen LogP contribution in [0.15, 0.2) is 59.0 Å². The van der Waals surface area contributed by atoms with Crippen molar-refractivity contribution in [2.45, 2.75) is 13.8 Å². The predicted octanol–water partition coefficient (Wildman–Crippen LogP) is 6.67. The highest BCUT2D eigenvalue weighted by Crippen LogP contribution is 2.31. The number of aryl methyl sites for hydroxylation is 2. The van der Waals surface area contributed by atoms with Gasteiger partial charge in [-0.15, -0.1) is 0 Å². The summed E-state index contributed by atoms with van der Waals surface area (Å²) >= 11 is 12.0. The monoisotopic (exact) mass is 410 g/mol. The van der Waals surface area contributed by atoms with E-state index in [1.54, 1.807) is 36.4 Å². The van der Waals surface area contributed by atoms with Gasteiger partial charge in [0.15, 0.2) is 5.58 Å². The lowest BCUT2D eigenvalue weighted by atomic mass is 10.1. The summed E-state index contributed by atoms with van der Waals surface area (Å²) in [5.74, 6) is 0.275. The van der Waals surface area contributed by atoms with Gasteiger partial charge in [0.1, 0.15) is 5.52 Å².